The summed E-state index contributed by atoms with van der Waals surface area (Å²) in [4.78, 5) is 27.4. The van der Waals surface area contributed by atoms with Crippen molar-refractivity contribution in [2.45, 2.75) is 26.1 Å². The van der Waals surface area contributed by atoms with Crippen LogP contribution >= 0.6 is 0 Å². The maximum absolute atomic E-state index is 13.8. The molecule has 0 bridgehead atoms. The monoisotopic (exact) mass is 558 g/mol. The zero-order valence-electron chi connectivity index (χ0n) is 20.5. The molecule has 2 aromatic carbocycles. The van der Waals surface area contributed by atoms with Gasteiger partial charge in [0, 0.05) is 5.69 Å². The maximum Gasteiger partial charge on any atom is 0.416 e. The number of nitrogens with two attached hydrogens (primary N) is 1. The van der Waals surface area contributed by atoms with Gasteiger partial charge in [0.25, 0.3) is 5.56 Å². The molecule has 4 aromatic rings. The number of nitrogens with zero attached hydrogens (tertiary/aromatic N) is 5. The molecule has 0 saturated heterocycles. The number of hydrogen-bond donors (Lipinski definition) is 1. The molecule has 0 aliphatic carbocycles. The third-order valence-electron chi connectivity index (χ3n) is 6.01. The third-order valence-corrected chi connectivity index (χ3v) is 6.96. The highest BCUT2D eigenvalue weighted by molar-refractivity contribution is 7.89. The third kappa shape index (κ3) is 5.40. The lowest BCUT2D eigenvalue weighted by molar-refractivity contribution is -0.137. The second-order valence-corrected chi connectivity index (χ2v) is 10.4. The van der Waals surface area contributed by atoms with Gasteiger partial charge in [-0.15, -0.1) is 0 Å². The van der Waals surface area contributed by atoms with Gasteiger partial charge < -0.3 is 0 Å². The molecule has 0 fully saturated rings. The number of alkyl halides is 3. The summed E-state index contributed by atoms with van der Waals surface area (Å²) in [5, 5.41) is 18.5. The van der Waals surface area contributed by atoms with Crippen LogP contribution in [0.3, 0.4) is 0 Å². The molecular weight excluding hydrogens is 537 g/mol. The summed E-state index contributed by atoms with van der Waals surface area (Å²) < 4.78 is 67.0. The van der Waals surface area contributed by atoms with E-state index < -0.39 is 44.8 Å². The van der Waals surface area contributed by atoms with Crippen LogP contribution in [0, 0.1) is 18.3 Å². The number of halogens is 3. The number of rotatable bonds is 6. The Bertz CT molecular complexity index is 1830. The highest BCUT2D eigenvalue weighted by atomic mass is 32.2. The molecule has 0 radical (unpaired) electrons. The van der Waals surface area contributed by atoms with E-state index in [0.29, 0.717) is 15.8 Å². The fourth-order valence-electron chi connectivity index (χ4n) is 4.32. The molecule has 0 amide bonds. The highest BCUT2D eigenvalue weighted by Gasteiger charge is 2.31. The van der Waals surface area contributed by atoms with Gasteiger partial charge in [0.15, 0.2) is 0 Å². The molecule has 0 aliphatic heterocycles. The minimum absolute atomic E-state index is 0.00113. The van der Waals surface area contributed by atoms with Gasteiger partial charge in [0.2, 0.25) is 10.0 Å². The lowest BCUT2D eigenvalue weighted by Crippen LogP contribution is -2.45. The van der Waals surface area contributed by atoms with Crippen molar-refractivity contribution in [3.05, 3.63) is 98.5 Å². The van der Waals surface area contributed by atoms with E-state index in [1.54, 1.807) is 12.1 Å². The highest BCUT2D eigenvalue weighted by Crippen LogP contribution is 2.31. The summed E-state index contributed by atoms with van der Waals surface area (Å²) in [6.07, 6.45) is -3.33. The molecule has 4 rings (SSSR count). The predicted molar refractivity (Wildman–Crippen MR) is 136 cm³/mol. The second kappa shape index (κ2) is 10.0. The minimum Gasteiger partial charge on any atom is -0.268 e. The zero-order valence-corrected chi connectivity index (χ0v) is 21.4. The molecule has 39 heavy (non-hydrogen) atoms. The van der Waals surface area contributed by atoms with Gasteiger partial charge in [-0.25, -0.2) is 23.0 Å². The largest absolute Gasteiger partial charge is 0.416 e. The number of hydrogen-bond acceptors (Lipinski definition) is 6. The van der Waals surface area contributed by atoms with E-state index in [1.165, 1.54) is 49.0 Å². The van der Waals surface area contributed by atoms with Crippen LogP contribution in [0.25, 0.3) is 22.6 Å². The lowest BCUT2D eigenvalue weighted by atomic mass is 10.1. The Morgan fingerprint density at radius 3 is 2.33 bits per heavy atom. The van der Waals surface area contributed by atoms with Gasteiger partial charge in [-0.2, -0.15) is 23.5 Å². The van der Waals surface area contributed by atoms with E-state index in [-0.39, 0.29) is 22.6 Å². The molecule has 0 spiro atoms. The van der Waals surface area contributed by atoms with Gasteiger partial charge >= 0.3 is 11.9 Å². The molecule has 10 nitrogen and oxygen atoms in total. The van der Waals surface area contributed by atoms with Crippen LogP contribution in [-0.2, 0) is 16.2 Å². The first-order chi connectivity index (χ1) is 18.2. The summed E-state index contributed by atoms with van der Waals surface area (Å²) >= 11 is 0. The maximum atomic E-state index is 13.8. The molecular formula is C25H21F3N6O4S. The van der Waals surface area contributed by atoms with E-state index in [9.17, 15) is 31.2 Å². The Balaban J connectivity index is 2.07. The first-order valence-electron chi connectivity index (χ1n) is 11.3. The van der Waals surface area contributed by atoms with E-state index in [1.807, 2.05) is 6.07 Å². The van der Waals surface area contributed by atoms with Crippen molar-refractivity contribution in [3.63, 3.8) is 0 Å². The number of primary sulfonamides is 1. The average Bonchev–Trinajstić information content (AvgIpc) is 3.32. The molecule has 2 N–H and O–H groups in total. The standard InChI is InChI=1S/C25H21F3N6O4S/c1-15(14-39(30,37)38)32-23(35)22(21-10-11-31-34(21)19-8-6-17(13-29)7-9-19)16(2)33(24(32)36)20-5-3-4-18(12-20)25(26,27)28/h3-12,15H,14H2,1-2H3,(H2,30,37,38)/t15-/m1/s1. The predicted octanol–water partition coefficient (Wildman–Crippen LogP) is 2.90. The minimum atomic E-state index is -4.71. The van der Waals surface area contributed by atoms with Crippen LogP contribution in [0.1, 0.15) is 29.8 Å². The fourth-order valence-corrected chi connectivity index (χ4v) is 5.14. The summed E-state index contributed by atoms with van der Waals surface area (Å²) in [6, 6.07) is 12.4. The summed E-state index contributed by atoms with van der Waals surface area (Å²) in [7, 11) is -4.14. The number of nitriles is 1. The number of benzene rings is 2. The van der Waals surface area contributed by atoms with Crippen LogP contribution < -0.4 is 16.4 Å². The van der Waals surface area contributed by atoms with E-state index in [0.717, 1.165) is 22.8 Å². The quantitative estimate of drug-likeness (QED) is 0.385. The van der Waals surface area contributed by atoms with Crippen LogP contribution in [0.2, 0.25) is 0 Å². The van der Waals surface area contributed by atoms with Crippen molar-refractivity contribution in [2.24, 2.45) is 5.14 Å². The molecule has 0 saturated carbocycles. The van der Waals surface area contributed by atoms with Crippen molar-refractivity contribution < 1.29 is 21.6 Å². The number of sulfonamides is 1. The van der Waals surface area contributed by atoms with Crippen molar-refractivity contribution in [3.8, 4) is 28.7 Å². The topological polar surface area (TPSA) is 146 Å². The summed E-state index contributed by atoms with van der Waals surface area (Å²) in [5.41, 5.74) is -2.23. The molecule has 202 valence electrons. The van der Waals surface area contributed by atoms with Crippen LogP contribution in [0.5, 0.6) is 0 Å². The average molecular weight is 559 g/mol. The Hall–Kier alpha value is -4.48. The Morgan fingerprint density at radius 1 is 1.08 bits per heavy atom. The Labute approximate surface area is 220 Å². The van der Waals surface area contributed by atoms with Crippen molar-refractivity contribution in [1.82, 2.24) is 18.9 Å². The molecule has 0 aliphatic rings. The van der Waals surface area contributed by atoms with Crippen LogP contribution in [0.4, 0.5) is 13.2 Å². The lowest BCUT2D eigenvalue weighted by Gasteiger charge is -2.21. The molecule has 2 aromatic heterocycles. The fraction of sp³-hybridized carbons (Fsp3) is 0.200. The van der Waals surface area contributed by atoms with Gasteiger partial charge in [-0.1, -0.05) is 6.07 Å². The summed E-state index contributed by atoms with van der Waals surface area (Å²) in [5.74, 6) is -0.776. The first-order valence-corrected chi connectivity index (χ1v) is 13.1. The number of aromatic nitrogens is 4. The van der Waals surface area contributed by atoms with Gasteiger partial charge in [-0.3, -0.25) is 13.9 Å². The smallest absolute Gasteiger partial charge is 0.268 e. The molecule has 1 atom stereocenters. The molecule has 14 heteroatoms. The van der Waals surface area contributed by atoms with Gasteiger partial charge in [-0.05, 0) is 62.4 Å². The molecule has 2 heterocycles. The van der Waals surface area contributed by atoms with Crippen LogP contribution in [0.15, 0.2) is 70.4 Å². The van der Waals surface area contributed by atoms with Crippen molar-refractivity contribution in [1.29, 1.82) is 5.26 Å². The zero-order chi connectivity index (χ0) is 28.7. The van der Waals surface area contributed by atoms with Gasteiger partial charge in [0.05, 0.1) is 57.8 Å². The second-order valence-electron chi connectivity index (χ2n) is 8.77. The normalized spacial score (nSPS) is 12.7. The first kappa shape index (κ1) is 27.6. The Kier molecular flexibility index (Phi) is 7.07. The summed E-state index contributed by atoms with van der Waals surface area (Å²) in [6.45, 7) is 2.68. The van der Waals surface area contributed by atoms with Crippen LogP contribution in [-0.4, -0.2) is 33.1 Å². The Morgan fingerprint density at radius 2 is 1.74 bits per heavy atom. The van der Waals surface area contributed by atoms with E-state index >= 15 is 0 Å². The van der Waals surface area contributed by atoms with E-state index in [4.69, 9.17) is 10.4 Å². The van der Waals surface area contributed by atoms with E-state index in [2.05, 4.69) is 5.10 Å². The van der Waals surface area contributed by atoms with Crippen molar-refractivity contribution in [2.75, 3.05) is 5.75 Å². The van der Waals surface area contributed by atoms with Gasteiger partial charge in [0.1, 0.15) is 0 Å². The molecule has 0 unspecified atom stereocenters. The van der Waals surface area contributed by atoms with Crippen molar-refractivity contribution >= 4 is 10.0 Å². The SMILES string of the molecule is Cc1c(-c2ccnn2-c2ccc(C#N)cc2)c(=O)n([C@H](C)CS(N)(=O)=O)c(=O)n1-c1cccc(C(F)(F)F)c1.